The number of oxime groups is 1. The molecule has 16 heavy (non-hydrogen) atoms. The van der Waals surface area contributed by atoms with Gasteiger partial charge in [-0.25, -0.2) is 4.98 Å². The number of hydrogen-bond acceptors (Lipinski definition) is 5. The lowest BCUT2D eigenvalue weighted by Gasteiger charge is -2.05. The van der Waals surface area contributed by atoms with E-state index in [1.165, 1.54) is 0 Å². The van der Waals surface area contributed by atoms with Crippen molar-refractivity contribution in [2.24, 2.45) is 10.9 Å². The SMILES string of the molecule is COCCCOc1cc(/C(N)=N/O)ccn1. The van der Waals surface area contributed by atoms with Gasteiger partial charge >= 0.3 is 0 Å². The van der Waals surface area contributed by atoms with E-state index in [1.54, 1.807) is 25.4 Å². The summed E-state index contributed by atoms with van der Waals surface area (Å²) in [5.74, 6) is 0.476. The molecule has 0 aliphatic carbocycles. The van der Waals surface area contributed by atoms with Crippen LogP contribution >= 0.6 is 0 Å². The highest BCUT2D eigenvalue weighted by Gasteiger charge is 2.02. The Morgan fingerprint density at radius 3 is 3.06 bits per heavy atom. The highest BCUT2D eigenvalue weighted by molar-refractivity contribution is 5.97. The molecule has 0 aliphatic rings. The van der Waals surface area contributed by atoms with Crippen molar-refractivity contribution in [1.82, 2.24) is 4.98 Å². The molecule has 0 saturated heterocycles. The van der Waals surface area contributed by atoms with Crippen LogP contribution in [0.1, 0.15) is 12.0 Å². The van der Waals surface area contributed by atoms with Crippen molar-refractivity contribution in [2.75, 3.05) is 20.3 Å². The van der Waals surface area contributed by atoms with Crippen molar-refractivity contribution in [1.29, 1.82) is 0 Å². The van der Waals surface area contributed by atoms with Crippen LogP contribution in [0.4, 0.5) is 0 Å². The average molecular weight is 225 g/mol. The van der Waals surface area contributed by atoms with E-state index in [9.17, 15) is 0 Å². The Labute approximate surface area is 93.7 Å². The fourth-order valence-corrected chi connectivity index (χ4v) is 1.09. The van der Waals surface area contributed by atoms with E-state index in [-0.39, 0.29) is 5.84 Å². The molecule has 6 nitrogen and oxygen atoms in total. The van der Waals surface area contributed by atoms with E-state index in [4.69, 9.17) is 20.4 Å². The average Bonchev–Trinajstić information content (AvgIpc) is 2.34. The monoisotopic (exact) mass is 225 g/mol. The highest BCUT2D eigenvalue weighted by atomic mass is 16.5. The number of amidine groups is 1. The molecule has 0 spiro atoms. The van der Waals surface area contributed by atoms with Crippen LogP contribution in [0.3, 0.4) is 0 Å². The number of nitrogens with two attached hydrogens (primary N) is 1. The number of methoxy groups -OCH3 is 1. The molecule has 0 unspecified atom stereocenters. The highest BCUT2D eigenvalue weighted by Crippen LogP contribution is 2.09. The van der Waals surface area contributed by atoms with Gasteiger partial charge in [0, 0.05) is 38.0 Å². The van der Waals surface area contributed by atoms with Gasteiger partial charge in [-0.05, 0) is 6.07 Å². The molecule has 1 heterocycles. The number of ether oxygens (including phenoxy) is 2. The Morgan fingerprint density at radius 1 is 1.56 bits per heavy atom. The van der Waals surface area contributed by atoms with Crippen molar-refractivity contribution in [2.45, 2.75) is 6.42 Å². The predicted molar refractivity (Wildman–Crippen MR) is 58.7 cm³/mol. The van der Waals surface area contributed by atoms with Gasteiger partial charge in [0.15, 0.2) is 5.84 Å². The van der Waals surface area contributed by atoms with Crippen LogP contribution in [0.25, 0.3) is 0 Å². The molecule has 6 heteroatoms. The smallest absolute Gasteiger partial charge is 0.213 e. The maximum atomic E-state index is 8.51. The van der Waals surface area contributed by atoms with Gasteiger partial charge < -0.3 is 20.4 Å². The van der Waals surface area contributed by atoms with E-state index >= 15 is 0 Å². The van der Waals surface area contributed by atoms with Gasteiger partial charge in [0.2, 0.25) is 5.88 Å². The third kappa shape index (κ3) is 3.74. The lowest BCUT2D eigenvalue weighted by atomic mass is 10.2. The third-order valence-corrected chi connectivity index (χ3v) is 1.88. The lowest BCUT2D eigenvalue weighted by Crippen LogP contribution is -2.13. The second-order valence-corrected chi connectivity index (χ2v) is 3.06. The molecule has 0 aliphatic heterocycles. The largest absolute Gasteiger partial charge is 0.478 e. The van der Waals surface area contributed by atoms with Crippen LogP contribution in [-0.2, 0) is 4.74 Å². The summed E-state index contributed by atoms with van der Waals surface area (Å²) < 4.78 is 10.2. The Kier molecular flexibility index (Phi) is 5.07. The second kappa shape index (κ2) is 6.62. The summed E-state index contributed by atoms with van der Waals surface area (Å²) in [4.78, 5) is 4.00. The first kappa shape index (κ1) is 12.3. The van der Waals surface area contributed by atoms with Crippen molar-refractivity contribution in [3.8, 4) is 5.88 Å². The van der Waals surface area contributed by atoms with Crippen LogP contribution in [0, 0.1) is 0 Å². The van der Waals surface area contributed by atoms with Crippen LogP contribution in [0.15, 0.2) is 23.5 Å². The number of aromatic nitrogens is 1. The van der Waals surface area contributed by atoms with E-state index in [0.29, 0.717) is 24.7 Å². The Bertz CT molecular complexity index is 355. The fraction of sp³-hybridized carbons (Fsp3) is 0.400. The Hall–Kier alpha value is -1.82. The van der Waals surface area contributed by atoms with Crippen LogP contribution < -0.4 is 10.5 Å². The molecule has 88 valence electrons. The van der Waals surface area contributed by atoms with Gasteiger partial charge in [-0.15, -0.1) is 0 Å². The topological polar surface area (TPSA) is 90.0 Å². The van der Waals surface area contributed by atoms with Gasteiger partial charge in [-0.2, -0.15) is 0 Å². The van der Waals surface area contributed by atoms with Crippen molar-refractivity contribution < 1.29 is 14.7 Å². The molecule has 0 atom stereocenters. The quantitative estimate of drug-likeness (QED) is 0.243. The molecule has 0 amide bonds. The third-order valence-electron chi connectivity index (χ3n) is 1.88. The maximum absolute atomic E-state index is 8.51. The van der Waals surface area contributed by atoms with Gasteiger partial charge in [-0.1, -0.05) is 5.16 Å². The summed E-state index contributed by atoms with van der Waals surface area (Å²) in [5.41, 5.74) is 6.00. The van der Waals surface area contributed by atoms with Gasteiger partial charge in [0.25, 0.3) is 0 Å². The van der Waals surface area contributed by atoms with Crippen LogP contribution in [0.2, 0.25) is 0 Å². The lowest BCUT2D eigenvalue weighted by molar-refractivity contribution is 0.170. The first-order chi connectivity index (χ1) is 7.77. The standard InChI is InChI=1S/C10H15N3O3/c1-15-5-2-6-16-9-7-8(3-4-12-9)10(11)13-14/h3-4,7,14H,2,5-6H2,1H3,(H2,11,13). The number of pyridine rings is 1. The molecule has 1 aromatic heterocycles. The molecule has 0 bridgehead atoms. The van der Waals surface area contributed by atoms with Gasteiger partial charge in [-0.3, -0.25) is 0 Å². The first-order valence-electron chi connectivity index (χ1n) is 4.83. The minimum Gasteiger partial charge on any atom is -0.478 e. The molecular formula is C10H15N3O3. The van der Waals surface area contributed by atoms with E-state index in [2.05, 4.69) is 10.1 Å². The molecular weight excluding hydrogens is 210 g/mol. The summed E-state index contributed by atoms with van der Waals surface area (Å²) >= 11 is 0. The number of hydrogen-bond donors (Lipinski definition) is 2. The normalized spacial score (nSPS) is 11.4. The molecule has 0 aromatic carbocycles. The van der Waals surface area contributed by atoms with E-state index in [1.807, 2.05) is 0 Å². The number of rotatable bonds is 6. The summed E-state index contributed by atoms with van der Waals surface area (Å²) in [6, 6.07) is 3.25. The Morgan fingerprint density at radius 2 is 2.38 bits per heavy atom. The van der Waals surface area contributed by atoms with Crippen molar-refractivity contribution >= 4 is 5.84 Å². The van der Waals surface area contributed by atoms with Crippen LogP contribution in [-0.4, -0.2) is 36.4 Å². The van der Waals surface area contributed by atoms with Crippen LogP contribution in [0.5, 0.6) is 5.88 Å². The minimum absolute atomic E-state index is 0.0316. The zero-order chi connectivity index (χ0) is 11.8. The maximum Gasteiger partial charge on any atom is 0.213 e. The van der Waals surface area contributed by atoms with Crippen molar-refractivity contribution in [3.05, 3.63) is 23.9 Å². The molecule has 0 saturated carbocycles. The number of nitrogens with zero attached hydrogens (tertiary/aromatic N) is 2. The molecule has 3 N–H and O–H groups in total. The summed E-state index contributed by atoms with van der Waals surface area (Å²) in [6.45, 7) is 1.15. The molecule has 0 radical (unpaired) electrons. The Balaban J connectivity index is 2.54. The van der Waals surface area contributed by atoms with Gasteiger partial charge in [0.1, 0.15) is 0 Å². The van der Waals surface area contributed by atoms with Crippen molar-refractivity contribution in [3.63, 3.8) is 0 Å². The second-order valence-electron chi connectivity index (χ2n) is 3.06. The summed E-state index contributed by atoms with van der Waals surface area (Å²) in [5, 5.41) is 11.4. The zero-order valence-corrected chi connectivity index (χ0v) is 9.09. The predicted octanol–water partition coefficient (Wildman–Crippen LogP) is 0.591. The van der Waals surface area contributed by atoms with Gasteiger partial charge in [0.05, 0.1) is 6.61 Å². The summed E-state index contributed by atoms with van der Waals surface area (Å²) in [7, 11) is 1.64. The molecule has 0 fully saturated rings. The van der Waals surface area contributed by atoms with E-state index in [0.717, 1.165) is 6.42 Å². The minimum atomic E-state index is 0.0316. The first-order valence-corrected chi connectivity index (χ1v) is 4.83. The zero-order valence-electron chi connectivity index (χ0n) is 9.09. The molecule has 1 rings (SSSR count). The summed E-state index contributed by atoms with van der Waals surface area (Å²) in [6.07, 6.45) is 2.32. The fourth-order valence-electron chi connectivity index (χ4n) is 1.09. The molecule has 1 aromatic rings. The van der Waals surface area contributed by atoms with E-state index < -0.39 is 0 Å².